The summed E-state index contributed by atoms with van der Waals surface area (Å²) in [5.41, 5.74) is 3.49. The molecule has 1 aromatic rings. The molecule has 0 unspecified atom stereocenters. The fourth-order valence-corrected chi connectivity index (χ4v) is 4.29. The maximum Gasteiger partial charge on any atom is 0.154 e. The minimum atomic E-state index is -2.88. The van der Waals surface area contributed by atoms with E-state index in [1.165, 1.54) is 5.56 Å². The second-order valence-electron chi connectivity index (χ2n) is 6.64. The lowest BCUT2D eigenvalue weighted by Gasteiger charge is -2.28. The summed E-state index contributed by atoms with van der Waals surface area (Å²) in [4.78, 5) is 0. The first-order valence-electron chi connectivity index (χ1n) is 7.87. The predicted molar refractivity (Wildman–Crippen MR) is 92.2 cm³/mol. The van der Waals surface area contributed by atoms with E-state index in [0.29, 0.717) is 6.42 Å². The minimum Gasteiger partial charge on any atom is -0.496 e. The Kier molecular flexibility index (Phi) is 5.00. The molecule has 0 bridgehead atoms. The van der Waals surface area contributed by atoms with Gasteiger partial charge >= 0.3 is 0 Å². The van der Waals surface area contributed by atoms with Gasteiger partial charge in [0.15, 0.2) is 9.84 Å². The summed E-state index contributed by atoms with van der Waals surface area (Å²) < 4.78 is 28.7. The summed E-state index contributed by atoms with van der Waals surface area (Å²) >= 11 is 0. The number of rotatable bonds is 5. The maximum absolute atomic E-state index is 11.6. The Hall–Kier alpha value is -1.29. The zero-order valence-electron chi connectivity index (χ0n) is 14.0. The van der Waals surface area contributed by atoms with Gasteiger partial charge in [0.25, 0.3) is 0 Å². The van der Waals surface area contributed by atoms with Gasteiger partial charge < -0.3 is 4.74 Å². The molecule has 0 aliphatic carbocycles. The number of hydrogen-bond acceptors (Lipinski definition) is 3. The maximum atomic E-state index is 11.6. The highest BCUT2D eigenvalue weighted by Gasteiger charge is 2.25. The van der Waals surface area contributed by atoms with E-state index in [4.69, 9.17) is 4.74 Å². The van der Waals surface area contributed by atoms with Gasteiger partial charge in [-0.2, -0.15) is 0 Å². The second-order valence-corrected chi connectivity index (χ2v) is 8.87. The lowest BCUT2D eigenvalue weighted by molar-refractivity contribution is 0.384. The van der Waals surface area contributed by atoms with E-state index in [1.807, 2.05) is 18.2 Å². The lowest BCUT2D eigenvalue weighted by Crippen LogP contribution is -2.19. The highest BCUT2D eigenvalue weighted by atomic mass is 32.2. The number of ether oxygens (including phenoxy) is 1. The zero-order chi connectivity index (χ0) is 16.4. The van der Waals surface area contributed by atoms with Crippen LogP contribution < -0.4 is 4.74 Å². The molecule has 4 heteroatoms. The quantitative estimate of drug-likeness (QED) is 0.823. The minimum absolute atomic E-state index is 0.0391. The van der Waals surface area contributed by atoms with Crippen LogP contribution in [0, 0.1) is 0 Å². The Bertz CT molecular complexity index is 670. The molecule has 1 aliphatic rings. The van der Waals surface area contributed by atoms with Crippen LogP contribution in [0.4, 0.5) is 0 Å². The molecule has 3 nitrogen and oxygen atoms in total. The topological polar surface area (TPSA) is 43.4 Å². The van der Waals surface area contributed by atoms with Crippen molar-refractivity contribution in [1.82, 2.24) is 0 Å². The summed E-state index contributed by atoms with van der Waals surface area (Å²) in [7, 11) is -1.18. The Balaban J connectivity index is 2.42. The smallest absolute Gasteiger partial charge is 0.154 e. The van der Waals surface area contributed by atoms with Crippen molar-refractivity contribution >= 4 is 15.4 Å². The van der Waals surface area contributed by atoms with Crippen LogP contribution in [-0.2, 0) is 15.3 Å². The third-order valence-electron chi connectivity index (χ3n) is 4.44. The van der Waals surface area contributed by atoms with Crippen molar-refractivity contribution in [2.75, 3.05) is 18.6 Å². The molecule has 1 aromatic carbocycles. The van der Waals surface area contributed by atoms with Gasteiger partial charge in [-0.25, -0.2) is 8.42 Å². The first-order valence-corrected chi connectivity index (χ1v) is 9.69. The Morgan fingerprint density at radius 1 is 1.27 bits per heavy atom. The molecule has 0 atom stereocenters. The van der Waals surface area contributed by atoms with Gasteiger partial charge in [0.2, 0.25) is 0 Å². The largest absolute Gasteiger partial charge is 0.496 e. The fraction of sp³-hybridized carbons (Fsp3) is 0.556. The van der Waals surface area contributed by atoms with Gasteiger partial charge in [0.1, 0.15) is 5.75 Å². The summed E-state index contributed by atoms with van der Waals surface area (Å²) in [5.74, 6) is 1.31. The Labute approximate surface area is 134 Å². The summed E-state index contributed by atoms with van der Waals surface area (Å²) in [5, 5.41) is 0. The van der Waals surface area contributed by atoms with Crippen molar-refractivity contribution in [3.63, 3.8) is 0 Å². The van der Waals surface area contributed by atoms with Gasteiger partial charge in [-0.3, -0.25) is 0 Å². The summed E-state index contributed by atoms with van der Waals surface area (Å²) in [6.45, 7) is 6.66. The van der Waals surface area contributed by atoms with Crippen LogP contribution in [0.2, 0.25) is 0 Å². The van der Waals surface area contributed by atoms with Crippen molar-refractivity contribution in [1.29, 1.82) is 0 Å². The predicted octanol–water partition coefficient (Wildman–Crippen LogP) is 3.97. The van der Waals surface area contributed by atoms with Gasteiger partial charge in [0, 0.05) is 5.56 Å². The third kappa shape index (κ3) is 3.72. The third-order valence-corrected chi connectivity index (χ3v) is 5.94. The van der Waals surface area contributed by atoms with Crippen LogP contribution in [0.1, 0.15) is 51.2 Å². The van der Waals surface area contributed by atoms with Crippen molar-refractivity contribution < 1.29 is 13.2 Å². The molecule has 2 rings (SSSR count). The van der Waals surface area contributed by atoms with Crippen LogP contribution in [0.25, 0.3) is 5.57 Å². The van der Waals surface area contributed by atoms with E-state index in [2.05, 4.69) is 26.8 Å². The Morgan fingerprint density at radius 3 is 2.55 bits per heavy atom. The molecule has 0 N–H and O–H groups in total. The van der Waals surface area contributed by atoms with Crippen LogP contribution in [0.3, 0.4) is 0 Å². The van der Waals surface area contributed by atoms with Gasteiger partial charge in [-0.05, 0) is 41.5 Å². The van der Waals surface area contributed by atoms with Gasteiger partial charge in [-0.1, -0.05) is 39.3 Å². The number of sulfone groups is 1. The van der Waals surface area contributed by atoms with E-state index in [-0.39, 0.29) is 16.9 Å². The molecule has 1 heterocycles. The monoisotopic (exact) mass is 322 g/mol. The summed E-state index contributed by atoms with van der Waals surface area (Å²) in [6, 6.07) is 6.22. The molecule has 0 radical (unpaired) electrons. The van der Waals surface area contributed by atoms with E-state index in [1.54, 1.807) is 7.11 Å². The molecule has 0 aromatic heterocycles. The van der Waals surface area contributed by atoms with E-state index in [0.717, 1.165) is 29.7 Å². The lowest BCUT2D eigenvalue weighted by atomic mass is 9.79. The van der Waals surface area contributed by atoms with Crippen LogP contribution in [0.15, 0.2) is 24.3 Å². The van der Waals surface area contributed by atoms with Crippen LogP contribution in [0.5, 0.6) is 5.75 Å². The van der Waals surface area contributed by atoms with Crippen LogP contribution >= 0.6 is 0 Å². The first kappa shape index (κ1) is 17.1. The SMILES string of the molecule is CCCC(C)(C)c1cc(C2=CCS(=O)(=O)CC2)ccc1OC. The summed E-state index contributed by atoms with van der Waals surface area (Å²) in [6.07, 6.45) is 4.65. The molecular weight excluding hydrogens is 296 g/mol. The van der Waals surface area contributed by atoms with Crippen molar-refractivity contribution in [3.8, 4) is 5.75 Å². The van der Waals surface area contributed by atoms with Crippen molar-refractivity contribution in [3.05, 3.63) is 35.4 Å². The highest BCUT2D eigenvalue weighted by molar-refractivity contribution is 7.91. The standard InChI is InChI=1S/C18H26O3S/c1-5-10-18(2,3)16-13-15(6-7-17(16)21-4)14-8-11-22(19,20)12-9-14/h6-8,13H,5,9-12H2,1-4H3. The molecule has 1 aliphatic heterocycles. The average Bonchev–Trinajstić information content (AvgIpc) is 2.46. The van der Waals surface area contributed by atoms with Crippen molar-refractivity contribution in [2.24, 2.45) is 0 Å². The average molecular weight is 322 g/mol. The zero-order valence-corrected chi connectivity index (χ0v) is 14.8. The molecule has 0 amide bonds. The molecule has 0 saturated heterocycles. The number of benzene rings is 1. The van der Waals surface area contributed by atoms with E-state index >= 15 is 0 Å². The highest BCUT2D eigenvalue weighted by Crippen LogP contribution is 2.37. The molecule has 0 spiro atoms. The van der Waals surface area contributed by atoms with Gasteiger partial charge in [0.05, 0.1) is 18.6 Å². The number of hydrogen-bond donors (Lipinski definition) is 0. The molecule has 22 heavy (non-hydrogen) atoms. The normalized spacial score (nSPS) is 17.9. The van der Waals surface area contributed by atoms with Gasteiger partial charge in [-0.15, -0.1) is 0 Å². The fourth-order valence-electron chi connectivity index (χ4n) is 3.14. The van der Waals surface area contributed by atoms with Crippen molar-refractivity contribution in [2.45, 2.75) is 45.4 Å². The second kappa shape index (κ2) is 6.45. The number of allylic oxidation sites excluding steroid dienone is 1. The molecule has 0 saturated carbocycles. The number of methoxy groups -OCH3 is 1. The Morgan fingerprint density at radius 2 is 2.00 bits per heavy atom. The molecular formula is C18H26O3S. The van der Waals surface area contributed by atoms with E-state index in [9.17, 15) is 8.42 Å². The van der Waals surface area contributed by atoms with Crippen LogP contribution in [-0.4, -0.2) is 27.0 Å². The molecule has 122 valence electrons. The first-order chi connectivity index (χ1) is 10.3. The molecule has 0 fully saturated rings. The van der Waals surface area contributed by atoms with E-state index < -0.39 is 9.84 Å².